The molecule has 164 valence electrons. The fourth-order valence-electron chi connectivity index (χ4n) is 4.29. The van der Waals surface area contributed by atoms with Crippen molar-refractivity contribution in [1.82, 2.24) is 9.55 Å². The summed E-state index contributed by atoms with van der Waals surface area (Å²) in [6.45, 7) is 10.5. The van der Waals surface area contributed by atoms with Crippen LogP contribution in [-0.2, 0) is 17.6 Å². The molecular weight excluding hydrogens is 430 g/mol. The molecule has 0 bridgehead atoms. The first-order valence-corrected chi connectivity index (χ1v) is 11.8. The van der Waals surface area contributed by atoms with Gasteiger partial charge in [0.25, 0.3) is 5.56 Å². The molecule has 2 atom stereocenters. The molecule has 1 amide bonds. The highest BCUT2D eigenvalue weighted by molar-refractivity contribution is 7.18. The average molecular weight is 458 g/mol. The predicted octanol–water partition coefficient (Wildman–Crippen LogP) is 5.77. The normalized spacial score (nSPS) is 17.4. The summed E-state index contributed by atoms with van der Waals surface area (Å²) in [7, 11) is 0. The lowest BCUT2D eigenvalue weighted by molar-refractivity contribution is -0.118. The fraction of sp³-hybridized carbons (Fsp3) is 0.458. The zero-order chi connectivity index (χ0) is 22.5. The highest BCUT2D eigenvalue weighted by Crippen LogP contribution is 2.42. The van der Waals surface area contributed by atoms with Crippen LogP contribution in [0.3, 0.4) is 0 Å². The first-order valence-electron chi connectivity index (χ1n) is 10.6. The number of rotatable bonds is 3. The maximum Gasteiger partial charge on any atom is 0.263 e. The van der Waals surface area contributed by atoms with Gasteiger partial charge >= 0.3 is 0 Å². The van der Waals surface area contributed by atoms with Gasteiger partial charge in [0.05, 0.1) is 11.7 Å². The SMILES string of the molecule is Cc1ccc(Cl)cc1NC(=O)C(C)n1cnc2sc3c(c2c1=O)CCC(C(C)(C)C)C3. The van der Waals surface area contributed by atoms with E-state index in [4.69, 9.17) is 11.6 Å². The molecule has 2 unspecified atom stereocenters. The minimum atomic E-state index is -0.691. The first kappa shape index (κ1) is 22.0. The molecule has 1 aliphatic carbocycles. The van der Waals surface area contributed by atoms with Crippen LogP contribution in [0.5, 0.6) is 0 Å². The monoisotopic (exact) mass is 457 g/mol. The summed E-state index contributed by atoms with van der Waals surface area (Å²) in [6, 6.07) is 4.66. The topological polar surface area (TPSA) is 64.0 Å². The summed E-state index contributed by atoms with van der Waals surface area (Å²) in [4.78, 5) is 32.9. The van der Waals surface area contributed by atoms with Gasteiger partial charge in [-0.2, -0.15) is 0 Å². The smallest absolute Gasteiger partial charge is 0.263 e. The van der Waals surface area contributed by atoms with Crippen LogP contribution in [-0.4, -0.2) is 15.5 Å². The number of fused-ring (bicyclic) bond motifs is 3. The Morgan fingerprint density at radius 2 is 2.10 bits per heavy atom. The molecule has 1 aliphatic rings. The summed E-state index contributed by atoms with van der Waals surface area (Å²) >= 11 is 7.69. The van der Waals surface area contributed by atoms with Gasteiger partial charge in [-0.1, -0.05) is 38.4 Å². The summed E-state index contributed by atoms with van der Waals surface area (Å²) in [5.74, 6) is 0.325. The van der Waals surface area contributed by atoms with Crippen molar-refractivity contribution in [2.45, 2.75) is 59.9 Å². The molecule has 2 aromatic heterocycles. The van der Waals surface area contributed by atoms with Crippen molar-refractivity contribution in [3.8, 4) is 0 Å². The number of nitrogens with one attached hydrogen (secondary N) is 1. The molecule has 1 aromatic carbocycles. The van der Waals surface area contributed by atoms with E-state index in [2.05, 4.69) is 31.1 Å². The number of aromatic nitrogens is 2. The van der Waals surface area contributed by atoms with Crippen molar-refractivity contribution in [2.24, 2.45) is 11.3 Å². The van der Waals surface area contributed by atoms with Crippen LogP contribution in [0.15, 0.2) is 29.3 Å². The second kappa shape index (κ2) is 8.06. The lowest BCUT2D eigenvalue weighted by Gasteiger charge is -2.33. The molecule has 0 fully saturated rings. The van der Waals surface area contributed by atoms with Gasteiger partial charge in [0.2, 0.25) is 5.91 Å². The Labute approximate surface area is 191 Å². The van der Waals surface area contributed by atoms with Crippen molar-refractivity contribution in [1.29, 1.82) is 0 Å². The van der Waals surface area contributed by atoms with Crippen molar-refractivity contribution in [3.05, 3.63) is 55.9 Å². The van der Waals surface area contributed by atoms with E-state index in [-0.39, 0.29) is 16.9 Å². The number of hydrogen-bond acceptors (Lipinski definition) is 4. The summed E-state index contributed by atoms with van der Waals surface area (Å²) in [6.07, 6.45) is 4.45. The van der Waals surface area contributed by atoms with Gasteiger partial charge in [-0.25, -0.2) is 4.98 Å². The van der Waals surface area contributed by atoms with E-state index >= 15 is 0 Å². The number of aryl methyl sites for hydroxylation is 2. The molecule has 0 spiro atoms. The van der Waals surface area contributed by atoms with E-state index in [9.17, 15) is 9.59 Å². The largest absolute Gasteiger partial charge is 0.324 e. The Kier molecular flexibility index (Phi) is 5.73. The second-order valence-electron chi connectivity index (χ2n) is 9.57. The van der Waals surface area contributed by atoms with Crippen LogP contribution in [0.1, 0.15) is 56.2 Å². The van der Waals surface area contributed by atoms with Gasteiger partial charge in [-0.3, -0.25) is 14.2 Å². The number of thiophene rings is 1. The van der Waals surface area contributed by atoms with Crippen molar-refractivity contribution >= 4 is 44.7 Å². The molecule has 0 radical (unpaired) electrons. The van der Waals surface area contributed by atoms with E-state index < -0.39 is 6.04 Å². The quantitative estimate of drug-likeness (QED) is 0.542. The highest BCUT2D eigenvalue weighted by atomic mass is 35.5. The zero-order valence-electron chi connectivity index (χ0n) is 18.6. The lowest BCUT2D eigenvalue weighted by Crippen LogP contribution is -2.32. The van der Waals surface area contributed by atoms with Gasteiger partial charge < -0.3 is 5.32 Å². The number of carbonyl (C=O) groups excluding carboxylic acids is 1. The third kappa shape index (κ3) is 4.15. The third-order valence-corrected chi connectivity index (χ3v) is 7.87. The van der Waals surface area contributed by atoms with Gasteiger partial charge in [0, 0.05) is 15.6 Å². The van der Waals surface area contributed by atoms with Crippen molar-refractivity contribution in [2.75, 3.05) is 5.32 Å². The van der Waals surface area contributed by atoms with Gasteiger partial charge in [0.1, 0.15) is 10.9 Å². The van der Waals surface area contributed by atoms with E-state index in [0.717, 1.165) is 35.2 Å². The van der Waals surface area contributed by atoms with E-state index in [1.54, 1.807) is 30.4 Å². The molecule has 31 heavy (non-hydrogen) atoms. The summed E-state index contributed by atoms with van der Waals surface area (Å²) < 4.78 is 1.44. The molecular formula is C24H28ClN3O2S. The van der Waals surface area contributed by atoms with E-state index in [0.29, 0.717) is 22.0 Å². The molecule has 1 N–H and O–H groups in total. The molecule has 2 heterocycles. The molecule has 0 saturated carbocycles. The number of amides is 1. The van der Waals surface area contributed by atoms with Crippen LogP contribution in [0.2, 0.25) is 5.02 Å². The minimum absolute atomic E-state index is 0.137. The molecule has 7 heteroatoms. The number of nitrogens with zero attached hydrogens (tertiary/aromatic N) is 2. The van der Waals surface area contributed by atoms with Crippen LogP contribution in [0.25, 0.3) is 10.2 Å². The van der Waals surface area contributed by atoms with Crippen LogP contribution < -0.4 is 10.9 Å². The summed E-state index contributed by atoms with van der Waals surface area (Å²) in [5.41, 5.74) is 2.79. The molecule has 4 rings (SSSR count). The van der Waals surface area contributed by atoms with E-state index in [1.807, 2.05) is 13.0 Å². The number of anilines is 1. The van der Waals surface area contributed by atoms with E-state index in [1.165, 1.54) is 15.8 Å². The van der Waals surface area contributed by atoms with Crippen molar-refractivity contribution in [3.63, 3.8) is 0 Å². The number of benzene rings is 1. The number of halogens is 1. The minimum Gasteiger partial charge on any atom is -0.324 e. The maximum absolute atomic E-state index is 13.4. The first-order chi connectivity index (χ1) is 14.6. The van der Waals surface area contributed by atoms with Crippen LogP contribution in [0.4, 0.5) is 5.69 Å². The molecule has 0 saturated heterocycles. The summed E-state index contributed by atoms with van der Waals surface area (Å²) in [5, 5.41) is 4.13. The molecule has 0 aliphatic heterocycles. The Morgan fingerprint density at radius 3 is 2.81 bits per heavy atom. The second-order valence-corrected chi connectivity index (χ2v) is 11.1. The van der Waals surface area contributed by atoms with Gasteiger partial charge in [0.15, 0.2) is 0 Å². The Balaban J connectivity index is 1.66. The Bertz CT molecular complexity index is 1220. The third-order valence-electron chi connectivity index (χ3n) is 6.47. The highest BCUT2D eigenvalue weighted by Gasteiger charge is 2.32. The molecule has 3 aromatic rings. The standard InChI is InChI=1S/C24H28ClN3O2S/c1-13-6-8-16(25)11-18(13)27-21(29)14(2)28-12-26-22-20(23(28)30)17-9-7-15(24(3,4)5)10-19(17)31-22/h6,8,11-12,14-15H,7,9-10H2,1-5H3,(H,27,29). The van der Waals surface area contributed by atoms with Gasteiger partial charge in [-0.05, 0) is 67.7 Å². The van der Waals surface area contributed by atoms with Crippen LogP contribution >= 0.6 is 22.9 Å². The fourth-order valence-corrected chi connectivity index (χ4v) is 5.72. The number of hydrogen-bond donors (Lipinski definition) is 1. The maximum atomic E-state index is 13.4. The lowest BCUT2D eigenvalue weighted by atomic mass is 9.72. The van der Waals surface area contributed by atoms with Crippen molar-refractivity contribution < 1.29 is 4.79 Å². The Hall–Kier alpha value is -2.18. The average Bonchev–Trinajstić information content (AvgIpc) is 3.08. The number of carbonyl (C=O) groups is 1. The Morgan fingerprint density at radius 1 is 1.35 bits per heavy atom. The van der Waals surface area contributed by atoms with Gasteiger partial charge in [-0.15, -0.1) is 11.3 Å². The van der Waals surface area contributed by atoms with Crippen LogP contribution in [0, 0.1) is 18.3 Å². The zero-order valence-corrected chi connectivity index (χ0v) is 20.2. The molecule has 5 nitrogen and oxygen atoms in total. The predicted molar refractivity (Wildman–Crippen MR) is 128 cm³/mol.